The summed E-state index contributed by atoms with van der Waals surface area (Å²) in [6.07, 6.45) is 4.08. The van der Waals surface area contributed by atoms with Crippen LogP contribution in [0.5, 0.6) is 17.2 Å². The van der Waals surface area contributed by atoms with E-state index in [0.717, 1.165) is 41.8 Å². The average molecular weight is 552 g/mol. The fourth-order valence-corrected chi connectivity index (χ4v) is 6.69. The molecule has 0 fully saturated rings. The molecule has 1 amide bonds. The third-order valence-corrected chi connectivity index (χ3v) is 8.46. The summed E-state index contributed by atoms with van der Waals surface area (Å²) in [6.45, 7) is 2.49. The summed E-state index contributed by atoms with van der Waals surface area (Å²) in [6, 6.07) is 12.6. The van der Waals surface area contributed by atoms with Gasteiger partial charge in [0.15, 0.2) is 5.16 Å². The van der Waals surface area contributed by atoms with Crippen LogP contribution in [0.2, 0.25) is 0 Å². The topological polar surface area (TPSA) is 91.7 Å². The number of hydrogen-bond acceptors (Lipinski definition) is 8. The summed E-state index contributed by atoms with van der Waals surface area (Å²) in [5.41, 5.74) is 2.28. The van der Waals surface area contributed by atoms with Gasteiger partial charge in [-0.25, -0.2) is 4.98 Å². The predicted octanol–water partition coefficient (Wildman–Crippen LogP) is 5.47. The minimum absolute atomic E-state index is 0.0690. The van der Waals surface area contributed by atoms with Crippen LogP contribution < -0.4 is 25.1 Å². The molecule has 0 spiro atoms. The zero-order valence-electron chi connectivity index (χ0n) is 21.5. The monoisotopic (exact) mass is 551 g/mol. The smallest absolute Gasteiger partial charge is 0.267 e. The maximum atomic E-state index is 13.9. The van der Waals surface area contributed by atoms with Crippen LogP contribution in [-0.4, -0.2) is 42.0 Å². The molecule has 1 N–H and O–H groups in total. The van der Waals surface area contributed by atoms with Crippen molar-refractivity contribution >= 4 is 44.9 Å². The van der Waals surface area contributed by atoms with Crippen LogP contribution in [0.25, 0.3) is 15.9 Å². The molecule has 0 saturated carbocycles. The quantitative estimate of drug-likeness (QED) is 0.218. The number of nitrogens with zero attached hydrogens (tertiary/aromatic N) is 2. The Hall–Kier alpha value is -3.50. The number of thiophene rings is 1. The van der Waals surface area contributed by atoms with E-state index < -0.39 is 0 Å². The van der Waals surface area contributed by atoms with Crippen LogP contribution in [0.15, 0.2) is 52.4 Å². The van der Waals surface area contributed by atoms with Gasteiger partial charge in [0.25, 0.3) is 5.56 Å². The highest BCUT2D eigenvalue weighted by molar-refractivity contribution is 7.99. The molecular weight excluding hydrogens is 522 g/mol. The van der Waals surface area contributed by atoms with E-state index in [9.17, 15) is 9.59 Å². The number of carbonyl (C=O) groups excluding carboxylic acids is 1. The largest absolute Gasteiger partial charge is 0.497 e. The maximum absolute atomic E-state index is 13.9. The molecule has 38 heavy (non-hydrogen) atoms. The molecule has 1 aliphatic rings. The molecule has 2 heterocycles. The second-order valence-electron chi connectivity index (χ2n) is 8.79. The van der Waals surface area contributed by atoms with E-state index in [2.05, 4.69) is 5.32 Å². The third-order valence-electron chi connectivity index (χ3n) is 6.33. The predicted molar refractivity (Wildman–Crippen MR) is 152 cm³/mol. The Kier molecular flexibility index (Phi) is 7.90. The van der Waals surface area contributed by atoms with E-state index in [1.807, 2.05) is 31.2 Å². The van der Waals surface area contributed by atoms with Crippen LogP contribution in [0, 0.1) is 0 Å². The van der Waals surface area contributed by atoms with Crippen molar-refractivity contribution in [3.63, 3.8) is 0 Å². The second-order valence-corrected chi connectivity index (χ2v) is 10.8. The Morgan fingerprint density at radius 1 is 1.05 bits per heavy atom. The lowest BCUT2D eigenvalue weighted by atomic mass is 9.97. The lowest BCUT2D eigenvalue weighted by Crippen LogP contribution is -2.23. The number of nitrogens with one attached hydrogen (secondary N) is 1. The van der Waals surface area contributed by atoms with E-state index in [-0.39, 0.29) is 17.2 Å². The number of rotatable bonds is 9. The van der Waals surface area contributed by atoms with E-state index in [0.29, 0.717) is 40.0 Å². The molecule has 5 rings (SSSR count). The minimum Gasteiger partial charge on any atom is -0.497 e. The number of amides is 1. The SMILES string of the molecule is CCOc1ccc(-n2c(SCC(=O)Nc3cc(OC)cc(OC)c3)nc3sc4c(c3c2=O)CCCC4)cc1. The number of hydrogen-bond donors (Lipinski definition) is 1. The summed E-state index contributed by atoms with van der Waals surface area (Å²) in [5, 5.41) is 4.07. The van der Waals surface area contributed by atoms with Gasteiger partial charge in [0.2, 0.25) is 5.91 Å². The van der Waals surface area contributed by atoms with Crippen LogP contribution in [0.1, 0.15) is 30.2 Å². The van der Waals surface area contributed by atoms with Crippen molar-refractivity contribution in [2.45, 2.75) is 37.8 Å². The standard InChI is InChI=1S/C28H29N3O5S2/c1-4-36-19-11-9-18(10-12-19)31-27(33)25-22-7-5-6-8-23(22)38-26(25)30-28(31)37-16-24(32)29-17-13-20(34-2)15-21(14-17)35-3/h9-15H,4-8,16H2,1-3H3,(H,29,32). The third kappa shape index (κ3) is 5.37. The first-order valence-electron chi connectivity index (χ1n) is 12.5. The first kappa shape index (κ1) is 26.1. The summed E-state index contributed by atoms with van der Waals surface area (Å²) >= 11 is 2.83. The van der Waals surface area contributed by atoms with Gasteiger partial charge in [0, 0.05) is 28.8 Å². The molecular formula is C28H29N3O5S2. The van der Waals surface area contributed by atoms with Gasteiger partial charge >= 0.3 is 0 Å². The van der Waals surface area contributed by atoms with Gasteiger partial charge in [-0.2, -0.15) is 0 Å². The maximum Gasteiger partial charge on any atom is 0.267 e. The van der Waals surface area contributed by atoms with Crippen LogP contribution in [0.4, 0.5) is 5.69 Å². The molecule has 0 saturated heterocycles. The zero-order chi connectivity index (χ0) is 26.6. The van der Waals surface area contributed by atoms with Crippen molar-refractivity contribution in [1.82, 2.24) is 9.55 Å². The zero-order valence-corrected chi connectivity index (χ0v) is 23.2. The Balaban J connectivity index is 1.48. The Bertz CT molecular complexity index is 1510. The normalized spacial score (nSPS) is 12.7. The highest BCUT2D eigenvalue weighted by atomic mass is 32.2. The molecule has 0 bridgehead atoms. The van der Waals surface area contributed by atoms with Gasteiger partial charge < -0.3 is 19.5 Å². The highest BCUT2D eigenvalue weighted by Gasteiger charge is 2.23. The van der Waals surface area contributed by atoms with Gasteiger partial charge in [0.05, 0.1) is 37.7 Å². The van der Waals surface area contributed by atoms with E-state index in [4.69, 9.17) is 19.2 Å². The molecule has 2 aromatic heterocycles. The number of aromatic nitrogens is 2. The summed E-state index contributed by atoms with van der Waals surface area (Å²) in [4.78, 5) is 33.7. The minimum atomic E-state index is -0.233. The lowest BCUT2D eigenvalue weighted by Gasteiger charge is -2.14. The molecule has 8 nitrogen and oxygen atoms in total. The van der Waals surface area contributed by atoms with Gasteiger partial charge in [-0.05, 0) is 62.4 Å². The van der Waals surface area contributed by atoms with Crippen LogP contribution >= 0.6 is 23.1 Å². The lowest BCUT2D eigenvalue weighted by molar-refractivity contribution is -0.113. The molecule has 0 atom stereocenters. The molecule has 4 aromatic rings. The first-order chi connectivity index (χ1) is 18.5. The van der Waals surface area contributed by atoms with Gasteiger partial charge in [-0.3, -0.25) is 14.2 Å². The van der Waals surface area contributed by atoms with Gasteiger partial charge in [-0.15, -0.1) is 11.3 Å². The first-order valence-corrected chi connectivity index (χ1v) is 14.3. The molecule has 0 unspecified atom stereocenters. The van der Waals surface area contributed by atoms with Crippen molar-refractivity contribution in [1.29, 1.82) is 0 Å². The van der Waals surface area contributed by atoms with E-state index >= 15 is 0 Å². The summed E-state index contributed by atoms with van der Waals surface area (Å²) in [7, 11) is 3.11. The van der Waals surface area contributed by atoms with Crippen LogP contribution in [0.3, 0.4) is 0 Å². The van der Waals surface area contributed by atoms with E-state index in [1.54, 1.807) is 48.3 Å². The molecule has 2 aromatic carbocycles. The number of anilines is 1. The van der Waals surface area contributed by atoms with Crippen molar-refractivity contribution in [3.8, 4) is 22.9 Å². The van der Waals surface area contributed by atoms with Gasteiger partial charge in [-0.1, -0.05) is 11.8 Å². The second kappa shape index (κ2) is 11.5. The highest BCUT2D eigenvalue weighted by Crippen LogP contribution is 2.35. The average Bonchev–Trinajstić information content (AvgIpc) is 3.31. The van der Waals surface area contributed by atoms with Crippen LogP contribution in [-0.2, 0) is 17.6 Å². The number of methoxy groups -OCH3 is 2. The summed E-state index contributed by atoms with van der Waals surface area (Å²) in [5.74, 6) is 1.72. The van der Waals surface area contributed by atoms with Crippen molar-refractivity contribution in [2.24, 2.45) is 0 Å². The van der Waals surface area contributed by atoms with Gasteiger partial charge in [0.1, 0.15) is 22.1 Å². The van der Waals surface area contributed by atoms with Crippen molar-refractivity contribution in [3.05, 3.63) is 63.3 Å². The number of fused-ring (bicyclic) bond motifs is 3. The number of ether oxygens (including phenoxy) is 3. The fraction of sp³-hybridized carbons (Fsp3) is 0.321. The molecule has 1 aliphatic carbocycles. The Labute approximate surface area is 228 Å². The number of benzene rings is 2. The molecule has 0 radical (unpaired) electrons. The summed E-state index contributed by atoms with van der Waals surface area (Å²) < 4.78 is 17.8. The number of thioether (sulfide) groups is 1. The molecule has 10 heteroatoms. The molecule has 0 aliphatic heterocycles. The number of aryl methyl sites for hydroxylation is 2. The molecule has 198 valence electrons. The number of carbonyl (C=O) groups is 1. The van der Waals surface area contributed by atoms with Crippen molar-refractivity contribution < 1.29 is 19.0 Å². The Morgan fingerprint density at radius 2 is 1.76 bits per heavy atom. The Morgan fingerprint density at radius 3 is 2.45 bits per heavy atom. The van der Waals surface area contributed by atoms with Crippen molar-refractivity contribution in [2.75, 3.05) is 31.9 Å². The fourth-order valence-electron chi connectivity index (χ4n) is 4.58. The van der Waals surface area contributed by atoms with E-state index in [1.165, 1.54) is 16.6 Å².